The summed E-state index contributed by atoms with van der Waals surface area (Å²) < 4.78 is 122. The SMILES string of the molecule is [2H]C([2H])([2H])Oc1cc2ccnc(O[C@@H]3C[C@H]4C(=O)N[C@]5(C(=O)NS(=O)(=O)C6(C)CC6)C[C@H]5/C=C/CC[C@@H](C)C[C@@H](CC)[C@H](NC(=O)OC(C)(C)C(F)(F)F)C(=O)N4C3)c2cc1F. The van der Waals surface area contributed by atoms with Gasteiger partial charge in [0.05, 0.1) is 22.4 Å². The summed E-state index contributed by atoms with van der Waals surface area (Å²) in [5, 5.41) is 5.43. The van der Waals surface area contributed by atoms with Crippen LogP contribution in [0.25, 0.3) is 10.8 Å². The third-order valence-corrected chi connectivity index (χ3v) is 14.2. The molecule has 0 unspecified atom stereocenters. The molecule has 2 saturated carbocycles. The number of carbonyl (C=O) groups is 4. The minimum atomic E-state index is -4.97. The zero-order valence-corrected chi connectivity index (χ0v) is 34.1. The van der Waals surface area contributed by atoms with Crippen LogP contribution in [0.5, 0.6) is 11.6 Å². The van der Waals surface area contributed by atoms with Crippen LogP contribution in [0.4, 0.5) is 22.4 Å². The van der Waals surface area contributed by atoms with E-state index in [2.05, 4.69) is 20.3 Å². The Morgan fingerprint density at radius 2 is 1.90 bits per heavy atom. The first-order chi connectivity index (χ1) is 28.7. The molecule has 2 aromatic rings. The Kier molecular flexibility index (Phi) is 10.8. The number of pyridine rings is 1. The van der Waals surface area contributed by atoms with E-state index in [1.807, 2.05) is 13.0 Å². The number of benzene rings is 1. The lowest BCUT2D eigenvalue weighted by atomic mass is 9.85. The summed E-state index contributed by atoms with van der Waals surface area (Å²) in [6.07, 6.45) is -0.660. The number of nitrogens with zero attached hydrogens (tertiary/aromatic N) is 2. The van der Waals surface area contributed by atoms with Crippen molar-refractivity contribution >= 4 is 44.6 Å². The van der Waals surface area contributed by atoms with Crippen LogP contribution in [0.15, 0.2) is 36.5 Å². The van der Waals surface area contributed by atoms with Crippen LogP contribution in [0, 0.1) is 23.6 Å². The Hall–Kier alpha value is -4.68. The summed E-state index contributed by atoms with van der Waals surface area (Å²) >= 11 is 0. The second-order valence-electron chi connectivity index (χ2n) is 16.9. The van der Waals surface area contributed by atoms with Crippen molar-refractivity contribution in [1.82, 2.24) is 25.2 Å². The zero-order chi connectivity index (χ0) is 45.8. The number of allylic oxidation sites excluding steroid dienone is 1. The fraction of sp³-hybridized carbons (Fsp3) is 0.625. The van der Waals surface area contributed by atoms with Gasteiger partial charge in [-0.2, -0.15) is 13.2 Å². The maximum absolute atomic E-state index is 15.2. The molecule has 0 radical (unpaired) electrons. The quantitative estimate of drug-likeness (QED) is 0.217. The van der Waals surface area contributed by atoms with Crippen molar-refractivity contribution in [2.45, 2.75) is 126 Å². The van der Waals surface area contributed by atoms with E-state index >= 15 is 4.39 Å². The third kappa shape index (κ3) is 8.94. The van der Waals surface area contributed by atoms with E-state index in [1.165, 1.54) is 19.2 Å². The average Bonchev–Trinajstić information content (AvgIpc) is 4.04. The van der Waals surface area contributed by atoms with Gasteiger partial charge in [-0.05, 0) is 94.7 Å². The van der Waals surface area contributed by atoms with Crippen molar-refractivity contribution in [3.63, 3.8) is 0 Å². The highest BCUT2D eigenvalue weighted by Crippen LogP contribution is 2.48. The van der Waals surface area contributed by atoms with Crippen molar-refractivity contribution in [2.24, 2.45) is 17.8 Å². The van der Waals surface area contributed by atoms with Crippen molar-refractivity contribution in [2.75, 3.05) is 13.6 Å². The lowest BCUT2D eigenvalue weighted by Gasteiger charge is -2.35. The monoisotopic (exact) mass is 856 g/mol. The summed E-state index contributed by atoms with van der Waals surface area (Å²) in [7, 11) is -7.10. The largest absolute Gasteiger partial charge is 0.494 e. The number of hydrogen-bond acceptors (Lipinski definition) is 10. The maximum atomic E-state index is 15.2. The number of alkyl carbamates (subject to hydrolysis) is 1. The van der Waals surface area contributed by atoms with Gasteiger partial charge in [-0.25, -0.2) is 22.6 Å². The van der Waals surface area contributed by atoms with Crippen molar-refractivity contribution < 1.29 is 63.5 Å². The number of ether oxygens (including phenoxy) is 3. The first-order valence-electron chi connectivity index (χ1n) is 21.1. The highest BCUT2D eigenvalue weighted by atomic mass is 32.2. The van der Waals surface area contributed by atoms with Crippen molar-refractivity contribution in [3.05, 3.63) is 42.4 Å². The molecule has 19 heteroatoms. The highest BCUT2D eigenvalue weighted by molar-refractivity contribution is 7.91. The zero-order valence-electron chi connectivity index (χ0n) is 36.3. The van der Waals surface area contributed by atoms with Gasteiger partial charge in [0.1, 0.15) is 23.7 Å². The predicted octanol–water partition coefficient (Wildman–Crippen LogP) is 5.44. The Balaban J connectivity index is 1.38. The van der Waals surface area contributed by atoms with Gasteiger partial charge in [0.25, 0.3) is 5.91 Å². The Bertz CT molecular complexity index is 2240. The van der Waals surface area contributed by atoms with Gasteiger partial charge in [-0.15, -0.1) is 0 Å². The molecular weight excluding hydrogens is 803 g/mol. The van der Waals surface area contributed by atoms with Crippen LogP contribution in [0.3, 0.4) is 0 Å². The topological polar surface area (TPSA) is 182 Å². The normalized spacial score (nSPS) is 30.1. The highest BCUT2D eigenvalue weighted by Gasteiger charge is 2.63. The predicted molar refractivity (Wildman–Crippen MR) is 206 cm³/mol. The number of alkyl halides is 3. The summed E-state index contributed by atoms with van der Waals surface area (Å²) in [6, 6.07) is 0.547. The maximum Gasteiger partial charge on any atom is 0.427 e. The van der Waals surface area contributed by atoms with E-state index in [9.17, 15) is 40.8 Å². The molecule has 3 N–H and O–H groups in total. The fourth-order valence-corrected chi connectivity index (χ4v) is 9.05. The molecule has 59 heavy (non-hydrogen) atoms. The molecule has 0 bridgehead atoms. The number of rotatable bonds is 9. The van der Waals surface area contributed by atoms with E-state index in [0.29, 0.717) is 46.0 Å². The minimum Gasteiger partial charge on any atom is -0.494 e. The number of hydrogen-bond donors (Lipinski definition) is 3. The number of fused-ring (bicyclic) bond motifs is 3. The molecule has 324 valence electrons. The molecule has 4 aliphatic rings. The number of halogens is 4. The number of methoxy groups -OCH3 is 1. The lowest BCUT2D eigenvalue weighted by Crippen LogP contribution is -2.60. The van der Waals surface area contributed by atoms with Gasteiger partial charge < -0.3 is 29.7 Å². The van der Waals surface area contributed by atoms with E-state index in [1.54, 1.807) is 13.0 Å². The molecule has 7 atom stereocenters. The average molecular weight is 857 g/mol. The molecule has 2 aliphatic heterocycles. The molecule has 1 aromatic heterocycles. The number of sulfonamides is 1. The summed E-state index contributed by atoms with van der Waals surface area (Å²) in [5.74, 6) is -5.89. The standard InChI is InChI=1S/C40H51F4N5O9S/c1-7-23-16-22(2)10-8-9-11-25-20-39(25,35(52)48-59(54,55)38(5)13-14-38)47-32(50)29-18-26(57-33-27-19-28(41)30(56-6)17-24(27)12-15-45-33)21-49(29)34(51)31(23)46-36(53)58-37(3,4)40(42,43)44/h9,11-12,15,17,19,22-23,25-26,29,31H,7-8,10,13-14,16,18,20-21H2,1-6H3,(H,46,53)(H,47,50)(H,48,52)/b11-9+/t22-,23-,25-,26-,29+,31+,39-/m1/s1/i6D3. The Morgan fingerprint density at radius 3 is 2.56 bits per heavy atom. The minimum absolute atomic E-state index is 0.0331. The van der Waals surface area contributed by atoms with Gasteiger partial charge in [-0.3, -0.25) is 19.1 Å². The van der Waals surface area contributed by atoms with Gasteiger partial charge in [-0.1, -0.05) is 32.4 Å². The molecule has 14 nitrogen and oxygen atoms in total. The second-order valence-corrected chi connectivity index (χ2v) is 19.1. The molecule has 3 fully saturated rings. The fourth-order valence-electron chi connectivity index (χ4n) is 7.74. The number of carbonyl (C=O) groups excluding carboxylic acids is 4. The first kappa shape index (κ1) is 39.8. The van der Waals surface area contributed by atoms with Crippen molar-refractivity contribution in [1.29, 1.82) is 0 Å². The molecule has 3 heterocycles. The Morgan fingerprint density at radius 1 is 1.17 bits per heavy atom. The van der Waals surface area contributed by atoms with Gasteiger partial charge in [0.15, 0.2) is 11.6 Å². The molecular formula is C40H51F4N5O9S. The summed E-state index contributed by atoms with van der Waals surface area (Å²) in [5.41, 5.74) is -4.67. The second kappa shape index (κ2) is 16.1. The van der Waals surface area contributed by atoms with E-state index in [-0.39, 0.29) is 48.4 Å². The first-order valence-corrected chi connectivity index (χ1v) is 21.0. The van der Waals surface area contributed by atoms with Gasteiger partial charge >= 0.3 is 12.3 Å². The summed E-state index contributed by atoms with van der Waals surface area (Å²) in [6.45, 7) is 6.08. The molecule has 1 saturated heterocycles. The number of nitrogens with one attached hydrogen (secondary N) is 3. The molecule has 6 rings (SSSR count). The molecule has 2 aliphatic carbocycles. The number of aromatic nitrogens is 1. The number of amides is 4. The van der Waals surface area contributed by atoms with Crippen LogP contribution < -0.4 is 24.8 Å². The van der Waals surface area contributed by atoms with E-state index in [4.69, 9.17) is 18.3 Å². The smallest absolute Gasteiger partial charge is 0.427 e. The van der Waals surface area contributed by atoms with Gasteiger partial charge in [0, 0.05) is 23.9 Å². The Labute approximate surface area is 344 Å². The summed E-state index contributed by atoms with van der Waals surface area (Å²) in [4.78, 5) is 62.0. The molecule has 0 spiro atoms. The van der Waals surface area contributed by atoms with E-state index < -0.39 is 105 Å². The van der Waals surface area contributed by atoms with Crippen LogP contribution in [-0.4, -0.2) is 96.0 Å². The van der Waals surface area contributed by atoms with Crippen LogP contribution in [-0.2, 0) is 29.1 Å². The third-order valence-electron chi connectivity index (χ3n) is 12.1. The van der Waals surface area contributed by atoms with Gasteiger partial charge in [0.2, 0.25) is 33.3 Å². The molecule has 1 aromatic carbocycles. The van der Waals surface area contributed by atoms with E-state index in [0.717, 1.165) is 17.0 Å². The lowest BCUT2D eigenvalue weighted by molar-refractivity contribution is -0.244. The van der Waals surface area contributed by atoms with Crippen molar-refractivity contribution in [3.8, 4) is 11.6 Å². The van der Waals surface area contributed by atoms with Crippen LogP contribution >= 0.6 is 0 Å². The van der Waals surface area contributed by atoms with Crippen LogP contribution in [0.2, 0.25) is 0 Å². The molecule has 4 amide bonds. The van der Waals surface area contributed by atoms with Crippen LogP contribution in [0.1, 0.15) is 90.1 Å².